The van der Waals surface area contributed by atoms with Crippen molar-refractivity contribution in [3.8, 4) is 0 Å². The summed E-state index contributed by atoms with van der Waals surface area (Å²) in [6.07, 6.45) is 1.15. The van der Waals surface area contributed by atoms with Gasteiger partial charge in [-0.05, 0) is 17.5 Å². The standard InChI is InChI=1S/C17H17F3N4/c1-11(12-4-2-5-13(8-12)17(18,19)20)10-24-7-3-6-14-15(24)9-22-23-16(14)21/h2-6,8-9,11H,7,10H2,1H3,(H2,21,23)/t11-/m0/s1. The highest BCUT2D eigenvalue weighted by atomic mass is 19.4. The average Bonchev–Trinajstić information content (AvgIpc) is 2.55. The Bertz CT molecular complexity index is 771. The minimum absolute atomic E-state index is 0.0824. The fourth-order valence-electron chi connectivity index (χ4n) is 2.85. The van der Waals surface area contributed by atoms with E-state index in [0.717, 1.165) is 17.3 Å². The Morgan fingerprint density at radius 2 is 2.12 bits per heavy atom. The average molecular weight is 334 g/mol. The molecule has 1 aromatic carbocycles. The molecular weight excluding hydrogens is 317 g/mol. The zero-order valence-corrected chi connectivity index (χ0v) is 13.1. The smallest absolute Gasteiger partial charge is 0.382 e. The molecular formula is C17H17F3N4. The van der Waals surface area contributed by atoms with Crippen molar-refractivity contribution in [2.75, 3.05) is 23.7 Å². The summed E-state index contributed by atoms with van der Waals surface area (Å²) in [6, 6.07) is 5.47. The third kappa shape index (κ3) is 3.20. The summed E-state index contributed by atoms with van der Waals surface area (Å²) in [5.74, 6) is 0.265. The van der Waals surface area contributed by atoms with Gasteiger partial charge in [0.15, 0.2) is 5.82 Å². The molecule has 0 fully saturated rings. The minimum Gasteiger partial charge on any atom is -0.382 e. The minimum atomic E-state index is -4.33. The number of benzene rings is 1. The summed E-state index contributed by atoms with van der Waals surface area (Å²) in [5, 5.41) is 7.70. The van der Waals surface area contributed by atoms with Gasteiger partial charge in [0, 0.05) is 18.7 Å². The van der Waals surface area contributed by atoms with Gasteiger partial charge in [0.05, 0.1) is 17.4 Å². The van der Waals surface area contributed by atoms with Gasteiger partial charge in [-0.3, -0.25) is 0 Å². The number of hydrogen-bond donors (Lipinski definition) is 1. The van der Waals surface area contributed by atoms with Crippen molar-refractivity contribution < 1.29 is 13.2 Å². The lowest BCUT2D eigenvalue weighted by molar-refractivity contribution is -0.137. The zero-order chi connectivity index (χ0) is 17.3. The number of halogens is 3. The quantitative estimate of drug-likeness (QED) is 0.929. The number of nitrogen functional groups attached to an aromatic ring is 1. The van der Waals surface area contributed by atoms with Crippen molar-refractivity contribution >= 4 is 17.6 Å². The van der Waals surface area contributed by atoms with Crippen LogP contribution in [0.2, 0.25) is 0 Å². The first-order valence-corrected chi connectivity index (χ1v) is 7.56. The fraction of sp³-hybridized carbons (Fsp3) is 0.294. The van der Waals surface area contributed by atoms with Crippen molar-refractivity contribution in [3.63, 3.8) is 0 Å². The molecule has 1 aromatic heterocycles. The lowest BCUT2D eigenvalue weighted by Gasteiger charge is -2.30. The Hall–Kier alpha value is -2.57. The van der Waals surface area contributed by atoms with Gasteiger partial charge < -0.3 is 10.6 Å². The predicted molar refractivity (Wildman–Crippen MR) is 87.6 cm³/mol. The van der Waals surface area contributed by atoms with E-state index in [4.69, 9.17) is 5.73 Å². The van der Waals surface area contributed by atoms with Gasteiger partial charge in [0.25, 0.3) is 0 Å². The maximum Gasteiger partial charge on any atom is 0.416 e. The van der Waals surface area contributed by atoms with Crippen LogP contribution in [0.25, 0.3) is 6.08 Å². The van der Waals surface area contributed by atoms with E-state index in [9.17, 15) is 13.2 Å². The topological polar surface area (TPSA) is 55.0 Å². The number of rotatable bonds is 3. The van der Waals surface area contributed by atoms with E-state index in [1.165, 1.54) is 12.1 Å². The predicted octanol–water partition coefficient (Wildman–Crippen LogP) is 3.71. The maximum absolute atomic E-state index is 12.9. The molecule has 1 aliphatic heterocycles. The summed E-state index contributed by atoms with van der Waals surface area (Å²) in [6.45, 7) is 3.12. The molecule has 2 heterocycles. The highest BCUT2D eigenvalue weighted by Gasteiger charge is 2.31. The van der Waals surface area contributed by atoms with Crippen molar-refractivity contribution in [1.82, 2.24) is 10.2 Å². The van der Waals surface area contributed by atoms with E-state index in [0.29, 0.717) is 24.5 Å². The summed E-state index contributed by atoms with van der Waals surface area (Å²) in [5.41, 5.74) is 7.51. The van der Waals surface area contributed by atoms with Crippen molar-refractivity contribution in [3.05, 3.63) is 53.2 Å². The van der Waals surface area contributed by atoms with E-state index in [1.54, 1.807) is 12.3 Å². The van der Waals surface area contributed by atoms with Gasteiger partial charge in [0.2, 0.25) is 0 Å². The van der Waals surface area contributed by atoms with Gasteiger partial charge in [-0.15, -0.1) is 5.10 Å². The van der Waals surface area contributed by atoms with Crippen LogP contribution in [0, 0.1) is 0 Å². The number of nitrogens with zero attached hydrogens (tertiary/aromatic N) is 3. The molecule has 0 amide bonds. The first-order valence-electron chi connectivity index (χ1n) is 7.56. The second kappa shape index (κ2) is 6.14. The van der Waals surface area contributed by atoms with Crippen LogP contribution in [0.1, 0.15) is 29.5 Å². The SMILES string of the molecule is C[C@@H](CN1CC=Cc2c1cnnc2N)c1cccc(C(F)(F)F)c1. The van der Waals surface area contributed by atoms with Crippen LogP contribution in [0.15, 0.2) is 36.5 Å². The normalized spacial score (nSPS) is 15.2. The second-order valence-corrected chi connectivity index (χ2v) is 5.86. The number of aromatic nitrogens is 2. The number of fused-ring (bicyclic) bond motifs is 1. The van der Waals surface area contributed by atoms with Gasteiger partial charge in [-0.2, -0.15) is 18.3 Å². The first-order chi connectivity index (χ1) is 11.4. The molecule has 0 unspecified atom stereocenters. The third-order valence-corrected chi connectivity index (χ3v) is 4.13. The molecule has 0 radical (unpaired) electrons. The fourth-order valence-corrected chi connectivity index (χ4v) is 2.85. The van der Waals surface area contributed by atoms with Gasteiger partial charge in [0.1, 0.15) is 0 Å². The number of anilines is 2. The van der Waals surface area contributed by atoms with Gasteiger partial charge in [-0.1, -0.05) is 37.3 Å². The van der Waals surface area contributed by atoms with E-state index in [-0.39, 0.29) is 5.92 Å². The first kappa shape index (κ1) is 16.3. The third-order valence-electron chi connectivity index (χ3n) is 4.13. The molecule has 4 nitrogen and oxygen atoms in total. The van der Waals surface area contributed by atoms with Crippen molar-refractivity contribution in [2.45, 2.75) is 19.0 Å². The number of nitrogens with two attached hydrogens (primary N) is 1. The van der Waals surface area contributed by atoms with E-state index in [1.807, 2.05) is 24.0 Å². The van der Waals surface area contributed by atoms with Crippen LogP contribution in [-0.4, -0.2) is 23.3 Å². The molecule has 126 valence electrons. The molecule has 0 aliphatic carbocycles. The highest BCUT2D eigenvalue weighted by Crippen LogP contribution is 2.33. The summed E-state index contributed by atoms with van der Waals surface area (Å²) < 4.78 is 38.6. The van der Waals surface area contributed by atoms with Crippen LogP contribution >= 0.6 is 0 Å². The van der Waals surface area contributed by atoms with Gasteiger partial charge in [-0.25, -0.2) is 0 Å². The molecule has 1 aliphatic rings. The molecule has 2 aromatic rings. The Morgan fingerprint density at radius 1 is 1.33 bits per heavy atom. The van der Waals surface area contributed by atoms with Crippen LogP contribution < -0.4 is 10.6 Å². The summed E-state index contributed by atoms with van der Waals surface area (Å²) in [4.78, 5) is 2.05. The second-order valence-electron chi connectivity index (χ2n) is 5.86. The maximum atomic E-state index is 12.9. The van der Waals surface area contributed by atoms with E-state index < -0.39 is 11.7 Å². The Balaban J connectivity index is 1.83. The molecule has 7 heteroatoms. The van der Waals surface area contributed by atoms with Gasteiger partial charge >= 0.3 is 6.18 Å². The van der Waals surface area contributed by atoms with Crippen molar-refractivity contribution in [1.29, 1.82) is 0 Å². The zero-order valence-electron chi connectivity index (χ0n) is 13.1. The Morgan fingerprint density at radius 3 is 2.88 bits per heavy atom. The highest BCUT2D eigenvalue weighted by molar-refractivity contribution is 5.77. The van der Waals surface area contributed by atoms with Crippen LogP contribution in [0.4, 0.5) is 24.7 Å². The van der Waals surface area contributed by atoms with Crippen LogP contribution in [0.3, 0.4) is 0 Å². The number of hydrogen-bond acceptors (Lipinski definition) is 4. The molecule has 1 atom stereocenters. The molecule has 24 heavy (non-hydrogen) atoms. The Kier molecular flexibility index (Phi) is 4.17. The van der Waals surface area contributed by atoms with E-state index >= 15 is 0 Å². The molecule has 0 bridgehead atoms. The Labute approximate surface area is 137 Å². The van der Waals surface area contributed by atoms with Crippen LogP contribution in [0.5, 0.6) is 0 Å². The monoisotopic (exact) mass is 334 g/mol. The lowest BCUT2D eigenvalue weighted by atomic mass is 9.97. The van der Waals surface area contributed by atoms with Crippen LogP contribution in [-0.2, 0) is 6.18 Å². The summed E-state index contributed by atoms with van der Waals surface area (Å²) >= 11 is 0. The molecule has 0 saturated heterocycles. The largest absolute Gasteiger partial charge is 0.416 e. The van der Waals surface area contributed by atoms with E-state index in [2.05, 4.69) is 10.2 Å². The lowest BCUT2D eigenvalue weighted by Crippen LogP contribution is -2.30. The summed E-state index contributed by atoms with van der Waals surface area (Å²) in [7, 11) is 0. The molecule has 0 spiro atoms. The molecule has 0 saturated carbocycles. The number of alkyl halides is 3. The molecule has 2 N–H and O–H groups in total. The molecule has 3 rings (SSSR count). The van der Waals surface area contributed by atoms with Crippen molar-refractivity contribution in [2.24, 2.45) is 0 Å².